The summed E-state index contributed by atoms with van der Waals surface area (Å²) < 4.78 is 29.1. The number of para-hydroxylation sites is 1. The molecule has 4 rings (SSSR count). The van der Waals surface area contributed by atoms with E-state index in [1.54, 1.807) is 12.1 Å². The van der Waals surface area contributed by atoms with Crippen molar-refractivity contribution in [1.82, 2.24) is 9.62 Å². The average molecular weight is 479 g/mol. The zero-order valence-electron chi connectivity index (χ0n) is 20.2. The van der Waals surface area contributed by atoms with Crippen molar-refractivity contribution in [3.8, 4) is 0 Å². The molecule has 3 aromatic carbocycles. The number of aryl methyl sites for hydroxylation is 1. The van der Waals surface area contributed by atoms with Gasteiger partial charge in [0.1, 0.15) is 0 Å². The van der Waals surface area contributed by atoms with E-state index in [9.17, 15) is 8.42 Å². The van der Waals surface area contributed by atoms with Crippen LogP contribution in [0.5, 0.6) is 0 Å². The minimum atomic E-state index is -3.60. The number of hydrogen-bond acceptors (Lipinski definition) is 5. The van der Waals surface area contributed by atoms with Crippen LogP contribution in [0.3, 0.4) is 0 Å². The number of anilines is 2. The number of rotatable bonds is 8. The molecule has 0 spiro atoms. The number of piperazine rings is 1. The quantitative estimate of drug-likeness (QED) is 0.532. The Balaban J connectivity index is 1.53. The van der Waals surface area contributed by atoms with Gasteiger partial charge in [-0.3, -0.25) is 4.90 Å². The molecule has 1 fully saturated rings. The first kappa shape index (κ1) is 24.3. The van der Waals surface area contributed by atoms with Crippen LogP contribution < -0.4 is 14.5 Å². The Kier molecular flexibility index (Phi) is 7.56. The SMILES string of the molecule is Cc1ccccc1S(=O)(=O)NCC(c1ccc(N(C)C)cc1)N1CCN(c2ccccc2)CC1. The zero-order chi connectivity index (χ0) is 24.1. The predicted molar refractivity (Wildman–Crippen MR) is 140 cm³/mol. The highest BCUT2D eigenvalue weighted by atomic mass is 32.2. The lowest BCUT2D eigenvalue weighted by Gasteiger charge is -2.40. The summed E-state index contributed by atoms with van der Waals surface area (Å²) in [5.74, 6) is 0. The van der Waals surface area contributed by atoms with Crippen molar-refractivity contribution >= 4 is 21.4 Å². The molecule has 1 heterocycles. The Morgan fingerprint density at radius 2 is 1.47 bits per heavy atom. The molecule has 0 aromatic heterocycles. The second kappa shape index (κ2) is 10.6. The first-order valence-electron chi connectivity index (χ1n) is 11.7. The summed E-state index contributed by atoms with van der Waals surface area (Å²) in [5, 5.41) is 0. The molecule has 6 nitrogen and oxygen atoms in total. The van der Waals surface area contributed by atoms with Crippen LogP contribution in [0.1, 0.15) is 17.2 Å². The minimum Gasteiger partial charge on any atom is -0.378 e. The molecule has 0 amide bonds. The van der Waals surface area contributed by atoms with Crippen LogP contribution in [0.4, 0.5) is 11.4 Å². The first-order chi connectivity index (χ1) is 16.3. The van der Waals surface area contributed by atoms with Crippen LogP contribution in [-0.2, 0) is 10.0 Å². The van der Waals surface area contributed by atoms with Gasteiger partial charge in [0.2, 0.25) is 10.0 Å². The van der Waals surface area contributed by atoms with E-state index in [1.807, 2.05) is 39.2 Å². The van der Waals surface area contributed by atoms with Crippen LogP contribution in [0.15, 0.2) is 83.8 Å². The highest BCUT2D eigenvalue weighted by Crippen LogP contribution is 2.26. The third-order valence-corrected chi connectivity index (χ3v) is 8.10. The lowest BCUT2D eigenvalue weighted by atomic mass is 10.0. The Morgan fingerprint density at radius 3 is 2.09 bits per heavy atom. The average Bonchev–Trinajstić information content (AvgIpc) is 2.85. The fourth-order valence-electron chi connectivity index (χ4n) is 4.51. The van der Waals surface area contributed by atoms with Crippen LogP contribution >= 0.6 is 0 Å². The van der Waals surface area contributed by atoms with Crippen LogP contribution in [-0.4, -0.2) is 60.1 Å². The van der Waals surface area contributed by atoms with E-state index in [0.717, 1.165) is 43.0 Å². The maximum Gasteiger partial charge on any atom is 0.240 e. The van der Waals surface area contributed by atoms with Crippen LogP contribution in [0, 0.1) is 6.92 Å². The highest BCUT2D eigenvalue weighted by molar-refractivity contribution is 7.89. The summed E-state index contributed by atoms with van der Waals surface area (Å²) in [6.45, 7) is 5.68. The van der Waals surface area contributed by atoms with Crippen molar-refractivity contribution in [3.05, 3.63) is 90.0 Å². The van der Waals surface area contributed by atoms with Gasteiger partial charge in [-0.25, -0.2) is 13.1 Å². The molecule has 0 radical (unpaired) electrons. The maximum atomic E-state index is 13.1. The Labute approximate surface area is 203 Å². The van der Waals surface area contributed by atoms with Crippen molar-refractivity contribution < 1.29 is 8.42 Å². The Morgan fingerprint density at radius 1 is 0.853 bits per heavy atom. The third-order valence-electron chi connectivity index (χ3n) is 6.52. The lowest BCUT2D eigenvalue weighted by molar-refractivity contribution is 0.187. The van der Waals surface area contributed by atoms with Crippen molar-refractivity contribution in [2.75, 3.05) is 56.6 Å². The number of nitrogens with zero attached hydrogens (tertiary/aromatic N) is 3. The fourth-order valence-corrected chi connectivity index (χ4v) is 5.79. The maximum absolute atomic E-state index is 13.1. The summed E-state index contributed by atoms with van der Waals surface area (Å²) in [6, 6.07) is 25.9. The van der Waals surface area contributed by atoms with Gasteiger partial charge >= 0.3 is 0 Å². The first-order valence-corrected chi connectivity index (χ1v) is 13.2. The fraction of sp³-hybridized carbons (Fsp3) is 0.333. The Bertz CT molecular complexity index is 1170. The summed E-state index contributed by atoms with van der Waals surface area (Å²) in [5.41, 5.74) is 4.22. The highest BCUT2D eigenvalue weighted by Gasteiger charge is 2.27. The van der Waals surface area contributed by atoms with Gasteiger partial charge in [0.05, 0.1) is 4.90 Å². The van der Waals surface area contributed by atoms with Gasteiger partial charge in [0.15, 0.2) is 0 Å². The van der Waals surface area contributed by atoms with Crippen molar-refractivity contribution in [1.29, 1.82) is 0 Å². The van der Waals surface area contributed by atoms with E-state index >= 15 is 0 Å². The van der Waals surface area contributed by atoms with E-state index in [-0.39, 0.29) is 6.04 Å². The van der Waals surface area contributed by atoms with E-state index in [4.69, 9.17) is 0 Å². The van der Waals surface area contributed by atoms with Gasteiger partial charge < -0.3 is 9.80 Å². The summed E-state index contributed by atoms with van der Waals surface area (Å²) in [7, 11) is 0.436. The molecule has 0 bridgehead atoms. The molecule has 3 aromatic rings. The molecule has 0 aliphatic carbocycles. The number of sulfonamides is 1. The van der Waals surface area contributed by atoms with E-state index in [2.05, 4.69) is 68.0 Å². The number of benzene rings is 3. The Hall–Kier alpha value is -2.87. The van der Waals surface area contributed by atoms with Gasteiger partial charge in [-0.1, -0.05) is 48.5 Å². The predicted octanol–water partition coefficient (Wildman–Crippen LogP) is 3.90. The van der Waals surface area contributed by atoms with Gasteiger partial charge in [0, 0.05) is 64.2 Å². The molecule has 1 aliphatic heterocycles. The molecule has 0 saturated carbocycles. The molecule has 1 saturated heterocycles. The van der Waals surface area contributed by atoms with Gasteiger partial charge in [-0.15, -0.1) is 0 Å². The molecular weight excluding hydrogens is 444 g/mol. The van der Waals surface area contributed by atoms with E-state index < -0.39 is 10.0 Å². The summed E-state index contributed by atoms with van der Waals surface area (Å²) in [4.78, 5) is 7.19. The normalized spacial score (nSPS) is 15.8. The number of nitrogens with one attached hydrogen (secondary N) is 1. The summed E-state index contributed by atoms with van der Waals surface area (Å²) >= 11 is 0. The standard InChI is InChI=1S/C27H34N4O2S/c1-22-9-7-8-12-27(22)34(32,33)28-21-26(23-13-15-24(16-14-23)29(2)3)31-19-17-30(18-20-31)25-10-5-4-6-11-25/h4-16,26,28H,17-21H2,1-3H3. The number of hydrogen-bond donors (Lipinski definition) is 1. The van der Waals surface area contributed by atoms with Gasteiger partial charge in [-0.2, -0.15) is 0 Å². The van der Waals surface area contributed by atoms with Crippen LogP contribution in [0.2, 0.25) is 0 Å². The minimum absolute atomic E-state index is 0.0482. The molecule has 180 valence electrons. The molecule has 1 unspecified atom stereocenters. The van der Waals surface area contributed by atoms with Crippen molar-refractivity contribution in [2.24, 2.45) is 0 Å². The second-order valence-corrected chi connectivity index (χ2v) is 10.7. The second-order valence-electron chi connectivity index (χ2n) is 8.98. The molecule has 7 heteroatoms. The summed E-state index contributed by atoms with van der Waals surface area (Å²) in [6.07, 6.45) is 0. The van der Waals surface area contributed by atoms with Crippen molar-refractivity contribution in [3.63, 3.8) is 0 Å². The smallest absolute Gasteiger partial charge is 0.240 e. The zero-order valence-corrected chi connectivity index (χ0v) is 21.0. The molecule has 1 atom stereocenters. The van der Waals surface area contributed by atoms with E-state index in [0.29, 0.717) is 11.4 Å². The topological polar surface area (TPSA) is 55.9 Å². The van der Waals surface area contributed by atoms with Crippen molar-refractivity contribution in [2.45, 2.75) is 17.9 Å². The molecule has 1 N–H and O–H groups in total. The van der Waals surface area contributed by atoms with Crippen LogP contribution in [0.25, 0.3) is 0 Å². The largest absolute Gasteiger partial charge is 0.378 e. The van der Waals surface area contributed by atoms with Gasteiger partial charge in [0.25, 0.3) is 0 Å². The molecular formula is C27H34N4O2S. The molecule has 1 aliphatic rings. The third kappa shape index (κ3) is 5.60. The monoisotopic (exact) mass is 478 g/mol. The molecule has 34 heavy (non-hydrogen) atoms. The lowest BCUT2D eigenvalue weighted by Crippen LogP contribution is -2.49. The van der Waals surface area contributed by atoms with E-state index in [1.165, 1.54) is 5.69 Å². The van der Waals surface area contributed by atoms with Gasteiger partial charge in [-0.05, 0) is 48.4 Å².